The minimum absolute atomic E-state index is 0.708. The molecular weight excluding hydrogens is 260 g/mol. The Morgan fingerprint density at radius 3 is 2.74 bits per heavy atom. The molecule has 0 fully saturated rings. The van der Waals surface area contributed by atoms with Crippen LogP contribution in [0, 0.1) is 13.8 Å². The lowest BCUT2D eigenvalue weighted by molar-refractivity contribution is 0.353. The fourth-order valence-corrected chi connectivity index (χ4v) is 2.82. The van der Waals surface area contributed by atoms with Gasteiger partial charge in [0.25, 0.3) is 0 Å². The van der Waals surface area contributed by atoms with E-state index in [4.69, 9.17) is 16.3 Å². The zero-order chi connectivity index (χ0) is 13.4. The number of halogens is 1. The second-order valence-electron chi connectivity index (χ2n) is 4.94. The smallest absolute Gasteiger partial charge is 0.127 e. The van der Waals surface area contributed by atoms with Crippen LogP contribution in [0.5, 0.6) is 5.75 Å². The van der Waals surface area contributed by atoms with Gasteiger partial charge < -0.3 is 10.2 Å². The van der Waals surface area contributed by atoms with E-state index >= 15 is 0 Å². The van der Waals surface area contributed by atoms with Crippen LogP contribution >= 0.6 is 11.6 Å². The second kappa shape index (κ2) is 4.82. The summed E-state index contributed by atoms with van der Waals surface area (Å²) in [4.78, 5) is 0. The quantitative estimate of drug-likeness (QED) is 0.929. The molecule has 3 rings (SSSR count). The highest BCUT2D eigenvalue weighted by atomic mass is 35.5. The molecule has 1 aromatic carbocycles. The van der Waals surface area contributed by atoms with E-state index in [-0.39, 0.29) is 0 Å². The van der Waals surface area contributed by atoms with Crippen LogP contribution in [0.15, 0.2) is 24.3 Å². The molecule has 0 atom stereocenters. The van der Waals surface area contributed by atoms with Crippen molar-refractivity contribution in [3.05, 3.63) is 51.8 Å². The van der Waals surface area contributed by atoms with Gasteiger partial charge in [-0.2, -0.15) is 0 Å². The maximum absolute atomic E-state index is 6.16. The molecule has 2 heterocycles. The normalized spacial score (nSPS) is 13.2. The van der Waals surface area contributed by atoms with Gasteiger partial charge in [-0.3, -0.25) is 4.68 Å². The molecule has 0 aliphatic carbocycles. The molecule has 0 radical (unpaired) electrons. The van der Waals surface area contributed by atoms with Crippen LogP contribution in [0.1, 0.15) is 22.5 Å². The van der Waals surface area contributed by atoms with Crippen molar-refractivity contribution in [2.75, 3.05) is 12.0 Å². The van der Waals surface area contributed by atoms with Crippen molar-refractivity contribution in [3.63, 3.8) is 0 Å². The van der Waals surface area contributed by atoms with Crippen LogP contribution in [0.2, 0.25) is 5.02 Å². The van der Waals surface area contributed by atoms with E-state index in [2.05, 4.69) is 36.1 Å². The van der Waals surface area contributed by atoms with Gasteiger partial charge in [0, 0.05) is 28.4 Å². The van der Waals surface area contributed by atoms with Crippen molar-refractivity contribution in [2.24, 2.45) is 0 Å². The van der Waals surface area contributed by atoms with E-state index in [0.717, 1.165) is 29.4 Å². The van der Waals surface area contributed by atoms with Crippen molar-refractivity contribution >= 4 is 11.6 Å². The van der Waals surface area contributed by atoms with Gasteiger partial charge in [-0.25, -0.2) is 0 Å². The Morgan fingerprint density at radius 2 is 2.00 bits per heavy atom. The van der Waals surface area contributed by atoms with Gasteiger partial charge in [-0.15, -0.1) is 0 Å². The van der Waals surface area contributed by atoms with Gasteiger partial charge in [0.2, 0.25) is 0 Å². The van der Waals surface area contributed by atoms with E-state index in [9.17, 15) is 0 Å². The van der Waals surface area contributed by atoms with E-state index in [1.165, 1.54) is 17.0 Å². The van der Waals surface area contributed by atoms with Crippen LogP contribution in [-0.4, -0.2) is 11.3 Å². The molecule has 2 aromatic rings. The molecular formula is C15H17ClN2O. The van der Waals surface area contributed by atoms with Crippen molar-refractivity contribution in [3.8, 4) is 5.75 Å². The minimum atomic E-state index is 0.708. The van der Waals surface area contributed by atoms with Crippen LogP contribution in [0.25, 0.3) is 0 Å². The van der Waals surface area contributed by atoms with Gasteiger partial charge >= 0.3 is 0 Å². The lowest BCUT2D eigenvalue weighted by Crippen LogP contribution is -2.17. The fourth-order valence-electron chi connectivity index (χ4n) is 2.56. The molecule has 4 heteroatoms. The van der Waals surface area contributed by atoms with Crippen LogP contribution in [0.3, 0.4) is 0 Å². The summed E-state index contributed by atoms with van der Waals surface area (Å²) < 4.78 is 7.79. The minimum Gasteiger partial charge on any atom is -0.493 e. The molecule has 100 valence electrons. The molecule has 0 amide bonds. The summed E-state index contributed by atoms with van der Waals surface area (Å²) in [5.74, 6) is 0.999. The van der Waals surface area contributed by atoms with E-state index in [1.807, 2.05) is 12.1 Å². The third kappa shape index (κ3) is 2.30. The third-order valence-corrected chi connectivity index (χ3v) is 3.74. The Hall–Kier alpha value is -1.61. The number of hydrogen-bond donors (Lipinski definition) is 1. The third-order valence-electron chi connectivity index (χ3n) is 3.52. The first-order chi connectivity index (χ1) is 9.15. The SMILES string of the molecule is Cc1ccc(C)n1NCc1cc(Cl)cc2c1OCC2. The van der Waals surface area contributed by atoms with Crippen LogP contribution in [0.4, 0.5) is 0 Å². The average Bonchev–Trinajstić information content (AvgIpc) is 2.95. The first-order valence-electron chi connectivity index (χ1n) is 6.48. The lowest BCUT2D eigenvalue weighted by atomic mass is 10.1. The average molecular weight is 277 g/mol. The highest BCUT2D eigenvalue weighted by molar-refractivity contribution is 6.30. The maximum Gasteiger partial charge on any atom is 0.127 e. The van der Waals surface area contributed by atoms with Gasteiger partial charge in [0.05, 0.1) is 13.2 Å². The van der Waals surface area contributed by atoms with Crippen LogP contribution < -0.4 is 10.2 Å². The van der Waals surface area contributed by atoms with E-state index in [1.54, 1.807) is 0 Å². The van der Waals surface area contributed by atoms with Gasteiger partial charge in [0.15, 0.2) is 0 Å². The number of nitrogens with one attached hydrogen (secondary N) is 1. The summed E-state index contributed by atoms with van der Waals surface area (Å²) in [6.07, 6.45) is 0.949. The number of nitrogens with zero attached hydrogens (tertiary/aromatic N) is 1. The number of rotatable bonds is 3. The number of benzene rings is 1. The van der Waals surface area contributed by atoms with Crippen molar-refractivity contribution < 1.29 is 4.74 Å². The molecule has 0 unspecified atom stereocenters. The zero-order valence-corrected chi connectivity index (χ0v) is 11.9. The highest BCUT2D eigenvalue weighted by Gasteiger charge is 2.17. The summed E-state index contributed by atoms with van der Waals surface area (Å²) >= 11 is 6.16. The Balaban J connectivity index is 1.85. The van der Waals surface area contributed by atoms with Crippen LogP contribution in [-0.2, 0) is 13.0 Å². The van der Waals surface area contributed by atoms with Crippen molar-refractivity contribution in [1.29, 1.82) is 0 Å². The molecule has 1 aliphatic heterocycles. The molecule has 0 spiro atoms. The largest absolute Gasteiger partial charge is 0.493 e. The zero-order valence-electron chi connectivity index (χ0n) is 11.2. The Bertz CT molecular complexity index is 599. The van der Waals surface area contributed by atoms with E-state index in [0.29, 0.717) is 6.54 Å². The first-order valence-corrected chi connectivity index (χ1v) is 6.86. The summed E-state index contributed by atoms with van der Waals surface area (Å²) in [6, 6.07) is 8.18. The Labute approximate surface area is 118 Å². The number of ether oxygens (including phenoxy) is 1. The number of aryl methyl sites for hydroxylation is 2. The molecule has 1 N–H and O–H groups in total. The van der Waals surface area contributed by atoms with Gasteiger partial charge in [-0.1, -0.05) is 11.6 Å². The molecule has 0 saturated carbocycles. The van der Waals surface area contributed by atoms with Crippen molar-refractivity contribution in [2.45, 2.75) is 26.8 Å². The summed E-state index contributed by atoms with van der Waals surface area (Å²) in [5, 5.41) is 0.780. The predicted molar refractivity (Wildman–Crippen MR) is 77.6 cm³/mol. The number of fused-ring (bicyclic) bond motifs is 1. The summed E-state index contributed by atoms with van der Waals surface area (Å²) in [6.45, 7) is 5.63. The summed E-state index contributed by atoms with van der Waals surface area (Å²) in [7, 11) is 0. The molecule has 1 aliphatic rings. The predicted octanol–water partition coefficient (Wildman–Crippen LogP) is 3.44. The van der Waals surface area contributed by atoms with E-state index < -0.39 is 0 Å². The Kier molecular flexibility index (Phi) is 3.15. The molecule has 1 aromatic heterocycles. The lowest BCUT2D eigenvalue weighted by Gasteiger charge is -2.15. The Morgan fingerprint density at radius 1 is 1.26 bits per heavy atom. The van der Waals surface area contributed by atoms with Gasteiger partial charge in [0.1, 0.15) is 5.75 Å². The van der Waals surface area contributed by atoms with Crippen molar-refractivity contribution in [1.82, 2.24) is 4.68 Å². The second-order valence-corrected chi connectivity index (χ2v) is 5.37. The topological polar surface area (TPSA) is 26.2 Å². The fraction of sp³-hybridized carbons (Fsp3) is 0.333. The first kappa shape index (κ1) is 12.4. The molecule has 0 bridgehead atoms. The maximum atomic E-state index is 6.16. The molecule has 19 heavy (non-hydrogen) atoms. The molecule has 0 saturated heterocycles. The van der Waals surface area contributed by atoms with Gasteiger partial charge in [-0.05, 0) is 43.7 Å². The monoisotopic (exact) mass is 276 g/mol. The standard InChI is InChI=1S/C15H17ClN2O/c1-10-3-4-11(2)18(10)17-9-13-8-14(16)7-12-5-6-19-15(12)13/h3-4,7-8,17H,5-6,9H2,1-2H3. The molecule has 3 nitrogen and oxygen atoms in total. The number of aromatic nitrogens is 1. The number of hydrogen-bond acceptors (Lipinski definition) is 2. The summed E-state index contributed by atoms with van der Waals surface area (Å²) in [5.41, 5.74) is 8.13. The highest BCUT2D eigenvalue weighted by Crippen LogP contribution is 2.32.